The van der Waals surface area contributed by atoms with Crippen LogP contribution in [-0.4, -0.2) is 27.5 Å². The van der Waals surface area contributed by atoms with Gasteiger partial charge in [0, 0.05) is 10.7 Å². The van der Waals surface area contributed by atoms with Crippen LogP contribution in [0.25, 0.3) is 0 Å². The van der Waals surface area contributed by atoms with Gasteiger partial charge in [0.25, 0.3) is 10.0 Å². The molecular formula is C23H23ClN2O4S. The highest BCUT2D eigenvalue weighted by atomic mass is 35.5. The lowest BCUT2D eigenvalue weighted by molar-refractivity contribution is -0.114. The minimum atomic E-state index is -3.98. The molecule has 3 aromatic carbocycles. The summed E-state index contributed by atoms with van der Waals surface area (Å²) in [6.45, 7) is 3.80. The first-order valence-electron chi connectivity index (χ1n) is 9.68. The van der Waals surface area contributed by atoms with Gasteiger partial charge in [-0.05, 0) is 67.9 Å². The lowest BCUT2D eigenvalue weighted by atomic mass is 10.2. The normalized spacial score (nSPS) is 11.1. The van der Waals surface area contributed by atoms with E-state index >= 15 is 0 Å². The molecule has 8 heteroatoms. The zero-order valence-electron chi connectivity index (χ0n) is 17.2. The predicted octanol–water partition coefficient (Wildman–Crippen LogP) is 4.88. The number of carbonyl (C=O) groups excluding carboxylic acids is 1. The molecule has 0 unspecified atom stereocenters. The van der Waals surface area contributed by atoms with Crippen LogP contribution in [0, 0.1) is 6.92 Å². The van der Waals surface area contributed by atoms with Crippen molar-refractivity contribution in [2.24, 2.45) is 0 Å². The Bertz CT molecular complexity index is 1150. The molecule has 162 valence electrons. The molecule has 0 aliphatic rings. The number of nitrogens with zero attached hydrogens (tertiary/aromatic N) is 1. The molecule has 0 radical (unpaired) electrons. The maximum Gasteiger partial charge on any atom is 0.264 e. The van der Waals surface area contributed by atoms with Gasteiger partial charge in [0.05, 0.1) is 17.2 Å². The second kappa shape index (κ2) is 9.85. The molecule has 1 N–H and O–H groups in total. The summed E-state index contributed by atoms with van der Waals surface area (Å²) in [6.07, 6.45) is 0. The SMILES string of the molecule is CCOc1ccc(N(CC(=O)Nc2ccc(C)c(Cl)c2)S(=O)(=O)c2ccccc2)cc1. The Morgan fingerprint density at radius 3 is 2.32 bits per heavy atom. The molecule has 0 bridgehead atoms. The molecular weight excluding hydrogens is 436 g/mol. The average molecular weight is 459 g/mol. The molecule has 0 aliphatic carbocycles. The number of sulfonamides is 1. The standard InChI is InChI=1S/C23H23ClN2O4S/c1-3-30-20-13-11-19(12-14-20)26(31(28,29)21-7-5-4-6-8-21)16-23(27)25-18-10-9-17(2)22(24)15-18/h4-15H,3,16H2,1-2H3,(H,25,27). The second-order valence-corrected chi connectivity index (χ2v) is 9.03. The molecule has 3 aromatic rings. The smallest absolute Gasteiger partial charge is 0.264 e. The Hall–Kier alpha value is -3.03. The molecule has 31 heavy (non-hydrogen) atoms. The van der Waals surface area contributed by atoms with Gasteiger partial charge in [-0.15, -0.1) is 0 Å². The van der Waals surface area contributed by atoms with Gasteiger partial charge >= 0.3 is 0 Å². The van der Waals surface area contributed by atoms with Gasteiger partial charge in [0.15, 0.2) is 0 Å². The largest absolute Gasteiger partial charge is 0.494 e. The highest BCUT2D eigenvalue weighted by Gasteiger charge is 2.27. The number of anilines is 2. The molecule has 0 spiro atoms. The highest BCUT2D eigenvalue weighted by Crippen LogP contribution is 2.26. The molecule has 0 heterocycles. The number of hydrogen-bond acceptors (Lipinski definition) is 4. The molecule has 6 nitrogen and oxygen atoms in total. The summed E-state index contributed by atoms with van der Waals surface area (Å²) in [5, 5.41) is 3.22. The number of hydrogen-bond donors (Lipinski definition) is 1. The summed E-state index contributed by atoms with van der Waals surface area (Å²) in [5.41, 5.74) is 1.72. The fraction of sp³-hybridized carbons (Fsp3) is 0.174. The van der Waals surface area contributed by atoms with E-state index in [1.807, 2.05) is 13.8 Å². The van der Waals surface area contributed by atoms with E-state index in [0.717, 1.165) is 9.87 Å². The summed E-state index contributed by atoms with van der Waals surface area (Å²) in [7, 11) is -3.98. The van der Waals surface area contributed by atoms with E-state index in [2.05, 4.69) is 5.32 Å². The monoisotopic (exact) mass is 458 g/mol. The summed E-state index contributed by atoms with van der Waals surface area (Å²) >= 11 is 6.12. The van der Waals surface area contributed by atoms with Gasteiger partial charge in [-0.3, -0.25) is 9.10 Å². The Kier molecular flexibility index (Phi) is 7.20. The maximum absolute atomic E-state index is 13.3. The number of halogens is 1. The van der Waals surface area contributed by atoms with Crippen molar-refractivity contribution in [1.82, 2.24) is 0 Å². The third-order valence-corrected chi connectivity index (χ3v) is 6.70. The van der Waals surface area contributed by atoms with Crippen molar-refractivity contribution >= 4 is 38.9 Å². The van der Waals surface area contributed by atoms with E-state index in [1.54, 1.807) is 60.7 Å². The van der Waals surface area contributed by atoms with E-state index in [-0.39, 0.29) is 4.90 Å². The van der Waals surface area contributed by atoms with Crippen molar-refractivity contribution in [2.75, 3.05) is 22.8 Å². The van der Waals surface area contributed by atoms with Crippen LogP contribution in [0.2, 0.25) is 5.02 Å². The summed E-state index contributed by atoms with van der Waals surface area (Å²) in [4.78, 5) is 12.8. The van der Waals surface area contributed by atoms with Gasteiger partial charge in [-0.2, -0.15) is 0 Å². The predicted molar refractivity (Wildman–Crippen MR) is 123 cm³/mol. The van der Waals surface area contributed by atoms with Crippen molar-refractivity contribution < 1.29 is 17.9 Å². The average Bonchev–Trinajstić information content (AvgIpc) is 2.76. The minimum absolute atomic E-state index is 0.0927. The number of carbonyl (C=O) groups is 1. The van der Waals surface area contributed by atoms with E-state index in [9.17, 15) is 13.2 Å². The number of nitrogens with one attached hydrogen (secondary N) is 1. The van der Waals surface area contributed by atoms with Crippen molar-refractivity contribution in [3.63, 3.8) is 0 Å². The lowest BCUT2D eigenvalue weighted by Crippen LogP contribution is -2.38. The molecule has 0 aromatic heterocycles. The first-order chi connectivity index (χ1) is 14.8. The molecule has 3 rings (SSSR count). The van der Waals surface area contributed by atoms with Gasteiger partial charge in [0.2, 0.25) is 5.91 Å². The Balaban J connectivity index is 1.91. The van der Waals surface area contributed by atoms with Crippen molar-refractivity contribution in [3.8, 4) is 5.75 Å². The fourth-order valence-electron chi connectivity index (χ4n) is 2.91. The van der Waals surface area contributed by atoms with Crippen molar-refractivity contribution in [2.45, 2.75) is 18.7 Å². The van der Waals surface area contributed by atoms with E-state index in [0.29, 0.717) is 28.8 Å². The van der Waals surface area contributed by atoms with Crippen LogP contribution in [-0.2, 0) is 14.8 Å². The quantitative estimate of drug-likeness (QED) is 0.522. The Labute approximate surface area is 187 Å². The first-order valence-corrected chi connectivity index (χ1v) is 11.5. The number of amides is 1. The van der Waals surface area contributed by atoms with Crippen LogP contribution >= 0.6 is 11.6 Å². The van der Waals surface area contributed by atoms with Crippen LogP contribution in [0.5, 0.6) is 5.75 Å². The molecule has 0 saturated carbocycles. The Morgan fingerprint density at radius 2 is 1.71 bits per heavy atom. The number of aryl methyl sites for hydroxylation is 1. The van der Waals surface area contributed by atoms with Crippen molar-refractivity contribution in [1.29, 1.82) is 0 Å². The topological polar surface area (TPSA) is 75.7 Å². The minimum Gasteiger partial charge on any atom is -0.494 e. The van der Waals surface area contributed by atoms with Gasteiger partial charge in [-0.25, -0.2) is 8.42 Å². The zero-order chi connectivity index (χ0) is 22.4. The first kappa shape index (κ1) is 22.7. The lowest BCUT2D eigenvalue weighted by Gasteiger charge is -2.24. The number of ether oxygens (including phenoxy) is 1. The summed E-state index contributed by atoms with van der Waals surface area (Å²) < 4.78 is 33.2. The second-order valence-electron chi connectivity index (χ2n) is 6.76. The summed E-state index contributed by atoms with van der Waals surface area (Å²) in [6, 6.07) is 19.7. The number of benzene rings is 3. The van der Waals surface area contributed by atoms with Gasteiger partial charge < -0.3 is 10.1 Å². The van der Waals surface area contributed by atoms with Crippen LogP contribution in [0.3, 0.4) is 0 Å². The third kappa shape index (κ3) is 5.57. The highest BCUT2D eigenvalue weighted by molar-refractivity contribution is 7.92. The third-order valence-electron chi connectivity index (χ3n) is 4.51. The fourth-order valence-corrected chi connectivity index (χ4v) is 4.53. The van der Waals surface area contributed by atoms with Gasteiger partial charge in [0.1, 0.15) is 12.3 Å². The van der Waals surface area contributed by atoms with Crippen LogP contribution in [0.1, 0.15) is 12.5 Å². The van der Waals surface area contributed by atoms with Gasteiger partial charge in [-0.1, -0.05) is 35.9 Å². The molecule has 1 amide bonds. The van der Waals surface area contributed by atoms with Crippen LogP contribution in [0.4, 0.5) is 11.4 Å². The van der Waals surface area contributed by atoms with Crippen LogP contribution in [0.15, 0.2) is 77.7 Å². The van der Waals surface area contributed by atoms with E-state index in [1.165, 1.54) is 12.1 Å². The zero-order valence-corrected chi connectivity index (χ0v) is 18.8. The number of rotatable bonds is 8. The molecule has 0 fully saturated rings. The van der Waals surface area contributed by atoms with E-state index < -0.39 is 22.5 Å². The molecule has 0 aliphatic heterocycles. The van der Waals surface area contributed by atoms with Crippen LogP contribution < -0.4 is 14.4 Å². The van der Waals surface area contributed by atoms with Crippen molar-refractivity contribution in [3.05, 3.63) is 83.4 Å². The van der Waals surface area contributed by atoms with E-state index in [4.69, 9.17) is 16.3 Å². The molecule has 0 atom stereocenters. The maximum atomic E-state index is 13.3. The Morgan fingerprint density at radius 1 is 1.03 bits per heavy atom. The molecule has 0 saturated heterocycles. The summed E-state index contributed by atoms with van der Waals surface area (Å²) in [5.74, 6) is 0.121.